The minimum Gasteiger partial charge on any atom is -0.497 e. The molecular weight excluding hydrogens is 228 g/mol. The van der Waals surface area contributed by atoms with Gasteiger partial charge in [-0.15, -0.1) is 0 Å². The topological polar surface area (TPSA) is 50.4 Å². The summed E-state index contributed by atoms with van der Waals surface area (Å²) in [6.07, 6.45) is 0.947. The van der Waals surface area contributed by atoms with Gasteiger partial charge in [0, 0.05) is 12.2 Å². The Balaban J connectivity index is 2.35. The smallest absolute Gasteiger partial charge is 0.319 e. The highest BCUT2D eigenvalue weighted by atomic mass is 16.5. The van der Waals surface area contributed by atoms with Crippen LogP contribution in [0.1, 0.15) is 27.2 Å². The maximum absolute atomic E-state index is 11.6. The van der Waals surface area contributed by atoms with E-state index in [0.29, 0.717) is 6.54 Å². The average molecular weight is 250 g/mol. The van der Waals surface area contributed by atoms with Crippen LogP contribution in [0.5, 0.6) is 5.75 Å². The van der Waals surface area contributed by atoms with Crippen LogP contribution >= 0.6 is 0 Å². The van der Waals surface area contributed by atoms with E-state index in [0.717, 1.165) is 17.9 Å². The molecule has 1 aromatic rings. The number of hydrogen-bond donors (Lipinski definition) is 2. The van der Waals surface area contributed by atoms with E-state index in [4.69, 9.17) is 4.74 Å². The van der Waals surface area contributed by atoms with Crippen LogP contribution in [0, 0.1) is 5.41 Å². The van der Waals surface area contributed by atoms with Crippen LogP contribution in [0.3, 0.4) is 0 Å². The van der Waals surface area contributed by atoms with Gasteiger partial charge in [-0.25, -0.2) is 4.79 Å². The van der Waals surface area contributed by atoms with Crippen molar-refractivity contribution in [1.29, 1.82) is 0 Å². The molecule has 0 aliphatic rings. The van der Waals surface area contributed by atoms with E-state index in [-0.39, 0.29) is 11.4 Å². The van der Waals surface area contributed by atoms with Crippen molar-refractivity contribution in [3.63, 3.8) is 0 Å². The number of anilines is 1. The van der Waals surface area contributed by atoms with Crippen LogP contribution in [0.4, 0.5) is 10.5 Å². The van der Waals surface area contributed by atoms with Gasteiger partial charge in [0.25, 0.3) is 0 Å². The summed E-state index contributed by atoms with van der Waals surface area (Å²) < 4.78 is 5.05. The predicted molar refractivity (Wildman–Crippen MR) is 74.1 cm³/mol. The van der Waals surface area contributed by atoms with Gasteiger partial charge in [0.15, 0.2) is 0 Å². The third kappa shape index (κ3) is 5.57. The summed E-state index contributed by atoms with van der Waals surface area (Å²) in [5, 5.41) is 5.61. The molecule has 1 rings (SSSR count). The Morgan fingerprint density at radius 2 is 1.83 bits per heavy atom. The van der Waals surface area contributed by atoms with Gasteiger partial charge in [0.2, 0.25) is 0 Å². The molecule has 2 N–H and O–H groups in total. The lowest BCUT2D eigenvalue weighted by molar-refractivity contribution is 0.250. The molecule has 2 amide bonds. The van der Waals surface area contributed by atoms with Crippen molar-refractivity contribution in [2.75, 3.05) is 19.0 Å². The van der Waals surface area contributed by atoms with Gasteiger partial charge in [-0.3, -0.25) is 0 Å². The van der Waals surface area contributed by atoms with Crippen molar-refractivity contribution in [2.24, 2.45) is 5.41 Å². The monoisotopic (exact) mass is 250 g/mol. The van der Waals surface area contributed by atoms with Crippen molar-refractivity contribution in [3.8, 4) is 5.75 Å². The predicted octanol–water partition coefficient (Wildman–Crippen LogP) is 3.25. The highest BCUT2D eigenvalue weighted by molar-refractivity contribution is 5.89. The van der Waals surface area contributed by atoms with Crippen molar-refractivity contribution in [2.45, 2.75) is 27.2 Å². The molecule has 0 spiro atoms. The average Bonchev–Trinajstić information content (AvgIpc) is 2.28. The highest BCUT2D eigenvalue weighted by Gasteiger charge is 2.10. The SMILES string of the molecule is COc1ccc(NC(=O)NCCC(C)(C)C)cc1. The fourth-order valence-electron chi connectivity index (χ4n) is 1.40. The summed E-state index contributed by atoms with van der Waals surface area (Å²) in [4.78, 5) is 11.6. The fraction of sp³-hybridized carbons (Fsp3) is 0.500. The van der Waals surface area contributed by atoms with Crippen LogP contribution < -0.4 is 15.4 Å². The molecule has 0 bridgehead atoms. The molecule has 100 valence electrons. The maximum atomic E-state index is 11.6. The number of nitrogens with one attached hydrogen (secondary N) is 2. The zero-order valence-corrected chi connectivity index (χ0v) is 11.5. The summed E-state index contributed by atoms with van der Waals surface area (Å²) in [6, 6.07) is 7.06. The Labute approximate surface area is 109 Å². The van der Waals surface area contributed by atoms with Crippen LogP contribution in [0.15, 0.2) is 24.3 Å². The van der Waals surface area contributed by atoms with Gasteiger partial charge in [0.1, 0.15) is 5.75 Å². The second kappa shape index (κ2) is 6.28. The van der Waals surface area contributed by atoms with Crippen LogP contribution in [-0.2, 0) is 0 Å². The van der Waals surface area contributed by atoms with E-state index in [9.17, 15) is 4.79 Å². The van der Waals surface area contributed by atoms with E-state index in [2.05, 4.69) is 31.4 Å². The van der Waals surface area contributed by atoms with E-state index < -0.39 is 0 Å². The molecule has 0 saturated carbocycles. The number of amides is 2. The minimum atomic E-state index is -0.176. The molecule has 18 heavy (non-hydrogen) atoms. The summed E-state index contributed by atoms with van der Waals surface area (Å²) in [5.74, 6) is 0.772. The number of rotatable bonds is 4. The van der Waals surface area contributed by atoms with Crippen molar-refractivity contribution >= 4 is 11.7 Å². The Morgan fingerprint density at radius 1 is 1.22 bits per heavy atom. The molecule has 0 aliphatic heterocycles. The molecule has 0 fully saturated rings. The molecule has 4 nitrogen and oxygen atoms in total. The van der Waals surface area contributed by atoms with E-state index in [1.165, 1.54) is 0 Å². The largest absolute Gasteiger partial charge is 0.497 e. The number of benzene rings is 1. The summed E-state index contributed by atoms with van der Waals surface area (Å²) in [5.41, 5.74) is 0.983. The van der Waals surface area contributed by atoms with Gasteiger partial charge in [-0.1, -0.05) is 20.8 Å². The van der Waals surface area contributed by atoms with Gasteiger partial charge in [0.05, 0.1) is 7.11 Å². The number of carbonyl (C=O) groups is 1. The zero-order valence-electron chi connectivity index (χ0n) is 11.5. The Kier molecular flexibility index (Phi) is 5.01. The lowest BCUT2D eigenvalue weighted by Crippen LogP contribution is -2.31. The van der Waals surface area contributed by atoms with E-state index in [1.807, 2.05) is 24.3 Å². The molecule has 4 heteroatoms. The lowest BCUT2D eigenvalue weighted by atomic mass is 9.92. The van der Waals surface area contributed by atoms with Crippen LogP contribution in [-0.4, -0.2) is 19.7 Å². The van der Waals surface area contributed by atoms with Gasteiger partial charge in [-0.05, 0) is 36.1 Å². The Hall–Kier alpha value is -1.71. The molecule has 0 atom stereocenters. The third-order valence-corrected chi connectivity index (χ3v) is 2.51. The molecule has 0 aromatic heterocycles. The van der Waals surface area contributed by atoms with Gasteiger partial charge in [-0.2, -0.15) is 0 Å². The first-order chi connectivity index (χ1) is 8.40. The number of hydrogen-bond acceptors (Lipinski definition) is 2. The Bertz CT molecular complexity index is 380. The highest BCUT2D eigenvalue weighted by Crippen LogP contribution is 2.17. The lowest BCUT2D eigenvalue weighted by Gasteiger charge is -2.18. The first-order valence-electron chi connectivity index (χ1n) is 6.09. The molecular formula is C14H22N2O2. The van der Waals surface area contributed by atoms with Gasteiger partial charge < -0.3 is 15.4 Å². The standard InChI is InChI=1S/C14H22N2O2/c1-14(2,3)9-10-15-13(17)16-11-5-7-12(18-4)8-6-11/h5-8H,9-10H2,1-4H3,(H2,15,16,17). The van der Waals surface area contributed by atoms with Crippen molar-refractivity contribution < 1.29 is 9.53 Å². The molecule has 0 aliphatic carbocycles. The first kappa shape index (κ1) is 14.4. The molecule has 0 saturated heterocycles. The molecule has 0 unspecified atom stereocenters. The second-order valence-corrected chi connectivity index (χ2v) is 5.42. The Morgan fingerprint density at radius 3 is 2.33 bits per heavy atom. The number of urea groups is 1. The summed E-state index contributed by atoms with van der Waals surface area (Å²) in [6.45, 7) is 7.12. The molecule has 0 heterocycles. The zero-order chi connectivity index (χ0) is 13.6. The third-order valence-electron chi connectivity index (χ3n) is 2.51. The number of carbonyl (C=O) groups excluding carboxylic acids is 1. The van der Waals surface area contributed by atoms with Crippen molar-refractivity contribution in [1.82, 2.24) is 5.32 Å². The summed E-state index contributed by atoms with van der Waals surface area (Å²) >= 11 is 0. The van der Waals surface area contributed by atoms with Crippen molar-refractivity contribution in [3.05, 3.63) is 24.3 Å². The van der Waals surface area contributed by atoms with E-state index in [1.54, 1.807) is 7.11 Å². The van der Waals surface area contributed by atoms with Crippen LogP contribution in [0.2, 0.25) is 0 Å². The minimum absolute atomic E-state index is 0.176. The second-order valence-electron chi connectivity index (χ2n) is 5.42. The maximum Gasteiger partial charge on any atom is 0.319 e. The molecule has 0 radical (unpaired) electrons. The van der Waals surface area contributed by atoms with E-state index >= 15 is 0 Å². The van der Waals surface area contributed by atoms with Gasteiger partial charge >= 0.3 is 6.03 Å². The quantitative estimate of drug-likeness (QED) is 0.861. The molecule has 1 aromatic carbocycles. The number of ether oxygens (including phenoxy) is 1. The normalized spacial score (nSPS) is 10.9. The first-order valence-corrected chi connectivity index (χ1v) is 6.09. The summed E-state index contributed by atoms with van der Waals surface area (Å²) in [7, 11) is 1.61. The number of methoxy groups -OCH3 is 1. The van der Waals surface area contributed by atoms with Crippen LogP contribution in [0.25, 0.3) is 0 Å². The fourth-order valence-corrected chi connectivity index (χ4v) is 1.40.